The van der Waals surface area contributed by atoms with Crippen molar-refractivity contribution in [3.05, 3.63) is 48.2 Å². The van der Waals surface area contributed by atoms with Gasteiger partial charge in [-0.05, 0) is 37.6 Å². The molecule has 1 fully saturated rings. The van der Waals surface area contributed by atoms with E-state index < -0.39 is 17.3 Å². The van der Waals surface area contributed by atoms with Crippen LogP contribution in [0, 0.1) is 0 Å². The van der Waals surface area contributed by atoms with Gasteiger partial charge in [0.15, 0.2) is 5.69 Å². The van der Waals surface area contributed by atoms with Gasteiger partial charge in [0.25, 0.3) is 5.89 Å². The largest absolute Gasteiger partial charge is 0.433 e. The van der Waals surface area contributed by atoms with Gasteiger partial charge in [0.1, 0.15) is 11.1 Å². The lowest BCUT2D eigenvalue weighted by molar-refractivity contribution is -0.141. The zero-order valence-electron chi connectivity index (χ0n) is 15.1. The Morgan fingerprint density at radius 1 is 1.21 bits per heavy atom. The van der Waals surface area contributed by atoms with E-state index >= 15 is 0 Å². The number of anilines is 2. The maximum Gasteiger partial charge on any atom is 0.433 e. The minimum atomic E-state index is -4.51. The first-order chi connectivity index (χ1) is 13.8. The average molecular weight is 404 g/mol. The predicted molar refractivity (Wildman–Crippen MR) is 95.0 cm³/mol. The van der Waals surface area contributed by atoms with E-state index in [2.05, 4.69) is 30.8 Å². The molecular weight excluding hydrogens is 389 g/mol. The average Bonchev–Trinajstić information content (AvgIpc) is 3.30. The van der Waals surface area contributed by atoms with Crippen LogP contribution in [-0.2, 0) is 16.4 Å². The van der Waals surface area contributed by atoms with E-state index in [0.717, 1.165) is 12.3 Å². The van der Waals surface area contributed by atoms with Crippen molar-refractivity contribution in [1.29, 1.82) is 0 Å². The van der Waals surface area contributed by atoms with E-state index in [9.17, 15) is 18.0 Å². The first-order valence-electron chi connectivity index (χ1n) is 8.65. The van der Waals surface area contributed by atoms with Gasteiger partial charge in [-0.3, -0.25) is 4.79 Å². The first-order valence-corrected chi connectivity index (χ1v) is 8.65. The van der Waals surface area contributed by atoms with Gasteiger partial charge < -0.3 is 15.1 Å². The van der Waals surface area contributed by atoms with Crippen LogP contribution in [0.3, 0.4) is 0 Å². The van der Waals surface area contributed by atoms with E-state index in [4.69, 9.17) is 4.42 Å². The lowest BCUT2D eigenvalue weighted by Crippen LogP contribution is -2.32. The molecule has 29 heavy (non-hydrogen) atoms. The lowest BCUT2D eigenvalue weighted by atomic mass is 9.89. The Kier molecular flexibility index (Phi) is 4.44. The zero-order valence-corrected chi connectivity index (χ0v) is 15.1. The number of hydrogen-bond acceptors (Lipinski definition) is 7. The minimum absolute atomic E-state index is 0.0869. The van der Waals surface area contributed by atoms with Gasteiger partial charge in [-0.1, -0.05) is 0 Å². The smallest absolute Gasteiger partial charge is 0.418 e. The lowest BCUT2D eigenvalue weighted by Gasteiger charge is -2.14. The molecule has 11 heteroatoms. The van der Waals surface area contributed by atoms with Gasteiger partial charge in [0.05, 0.1) is 17.6 Å². The molecule has 0 radical (unpaired) electrons. The number of carbonyl (C=O) groups is 1. The zero-order chi connectivity index (χ0) is 20.6. The number of rotatable bonds is 4. The van der Waals surface area contributed by atoms with Crippen LogP contribution in [0.2, 0.25) is 0 Å². The number of hydrogen-bond donors (Lipinski definition) is 2. The van der Waals surface area contributed by atoms with Gasteiger partial charge in [0.2, 0.25) is 11.8 Å². The molecule has 2 N–H and O–H groups in total. The van der Waals surface area contributed by atoms with Crippen molar-refractivity contribution in [3.63, 3.8) is 0 Å². The molecule has 1 saturated heterocycles. The third-order valence-corrected chi connectivity index (χ3v) is 4.65. The van der Waals surface area contributed by atoms with E-state index in [0.29, 0.717) is 30.0 Å². The van der Waals surface area contributed by atoms with Gasteiger partial charge >= 0.3 is 6.18 Å². The van der Waals surface area contributed by atoms with Crippen molar-refractivity contribution in [2.24, 2.45) is 0 Å². The number of nitrogens with zero attached hydrogens (tertiary/aromatic N) is 4. The maximum atomic E-state index is 12.7. The molecule has 150 valence electrons. The van der Waals surface area contributed by atoms with E-state index in [-0.39, 0.29) is 17.7 Å². The SMILES string of the molecule is C[C@]1(c2nnc(-c3ncccc3Nc3ccc(C(F)(F)F)nc3)o2)CCNC1=O. The highest BCUT2D eigenvalue weighted by Crippen LogP contribution is 2.34. The Bertz CT molecular complexity index is 1050. The molecule has 0 unspecified atom stereocenters. The highest BCUT2D eigenvalue weighted by atomic mass is 19.4. The Hall–Kier alpha value is -3.50. The van der Waals surface area contributed by atoms with Crippen LogP contribution in [0.5, 0.6) is 0 Å². The molecule has 0 saturated carbocycles. The fourth-order valence-corrected chi connectivity index (χ4v) is 2.95. The van der Waals surface area contributed by atoms with Crippen LogP contribution >= 0.6 is 0 Å². The van der Waals surface area contributed by atoms with Gasteiger partial charge in [0, 0.05) is 12.7 Å². The van der Waals surface area contributed by atoms with Crippen LogP contribution in [0.1, 0.15) is 24.9 Å². The van der Waals surface area contributed by atoms with E-state index in [1.807, 2.05) is 0 Å². The Morgan fingerprint density at radius 3 is 2.69 bits per heavy atom. The number of aromatic nitrogens is 4. The quantitative estimate of drug-likeness (QED) is 0.688. The van der Waals surface area contributed by atoms with Crippen molar-refractivity contribution < 1.29 is 22.4 Å². The van der Waals surface area contributed by atoms with Gasteiger partial charge in [-0.25, -0.2) is 9.97 Å². The van der Waals surface area contributed by atoms with Crippen molar-refractivity contribution in [2.45, 2.75) is 24.9 Å². The second kappa shape index (κ2) is 6.83. The third-order valence-electron chi connectivity index (χ3n) is 4.65. The van der Waals surface area contributed by atoms with Crippen LogP contribution in [0.15, 0.2) is 41.1 Å². The summed E-state index contributed by atoms with van der Waals surface area (Å²) >= 11 is 0. The predicted octanol–water partition coefficient (Wildman–Crippen LogP) is 3.07. The summed E-state index contributed by atoms with van der Waals surface area (Å²) in [6.07, 6.45) is -1.40. The summed E-state index contributed by atoms with van der Waals surface area (Å²) in [5.41, 5.74) is -0.836. The number of carbonyl (C=O) groups excluding carboxylic acids is 1. The van der Waals surface area contributed by atoms with Gasteiger partial charge in [-0.2, -0.15) is 13.2 Å². The summed E-state index contributed by atoms with van der Waals surface area (Å²) in [6.45, 7) is 2.24. The van der Waals surface area contributed by atoms with Crippen LogP contribution in [-0.4, -0.2) is 32.6 Å². The number of pyridine rings is 2. The second-order valence-electron chi connectivity index (χ2n) is 6.70. The van der Waals surface area contributed by atoms with Crippen LogP contribution in [0.4, 0.5) is 24.5 Å². The molecule has 1 aliphatic rings. The molecule has 0 aliphatic carbocycles. The molecule has 0 bridgehead atoms. The molecule has 0 spiro atoms. The summed E-state index contributed by atoms with van der Waals surface area (Å²) in [4.78, 5) is 19.7. The highest BCUT2D eigenvalue weighted by Gasteiger charge is 2.44. The van der Waals surface area contributed by atoms with Gasteiger partial charge in [-0.15, -0.1) is 10.2 Å². The minimum Gasteiger partial charge on any atom is -0.418 e. The summed E-state index contributed by atoms with van der Waals surface area (Å²) in [5.74, 6) is 0.0714. The molecule has 3 aromatic rings. The fraction of sp³-hybridized carbons (Fsp3) is 0.278. The van der Waals surface area contributed by atoms with Crippen LogP contribution in [0.25, 0.3) is 11.6 Å². The second-order valence-corrected chi connectivity index (χ2v) is 6.70. The maximum absolute atomic E-state index is 12.7. The number of alkyl halides is 3. The molecule has 3 aromatic heterocycles. The molecule has 1 amide bonds. The summed E-state index contributed by atoms with van der Waals surface area (Å²) in [7, 11) is 0. The molecule has 1 aliphatic heterocycles. The van der Waals surface area contributed by atoms with Crippen molar-refractivity contribution in [3.8, 4) is 11.6 Å². The van der Waals surface area contributed by atoms with Crippen LogP contribution < -0.4 is 10.6 Å². The van der Waals surface area contributed by atoms with E-state index in [1.165, 1.54) is 12.3 Å². The van der Waals surface area contributed by atoms with Crippen molar-refractivity contribution >= 4 is 17.3 Å². The Labute approximate surface area is 162 Å². The normalized spacial score (nSPS) is 19.2. The molecule has 8 nitrogen and oxygen atoms in total. The molecule has 0 aromatic carbocycles. The number of amides is 1. The highest BCUT2D eigenvalue weighted by molar-refractivity contribution is 5.88. The summed E-state index contributed by atoms with van der Waals surface area (Å²) < 4.78 is 43.7. The first kappa shape index (κ1) is 18.8. The fourth-order valence-electron chi connectivity index (χ4n) is 2.95. The molecular formula is C18H15F3N6O2. The molecule has 4 heterocycles. The van der Waals surface area contributed by atoms with E-state index in [1.54, 1.807) is 19.1 Å². The third kappa shape index (κ3) is 3.50. The summed E-state index contributed by atoms with van der Waals surface area (Å²) in [6, 6.07) is 5.44. The monoisotopic (exact) mass is 404 g/mol. The number of halogens is 3. The standard InChI is InChI=1S/C18H15F3N6O2/c1-17(6-8-23-15(17)28)16-27-26-14(29-16)13-11(3-2-7-22-13)25-10-4-5-12(24-9-10)18(19,20)21/h2-5,7,9,25H,6,8H2,1H3,(H,23,28)/t17-/m0/s1. The van der Waals surface area contributed by atoms with Crippen molar-refractivity contribution in [1.82, 2.24) is 25.5 Å². The van der Waals surface area contributed by atoms with Crippen molar-refractivity contribution in [2.75, 3.05) is 11.9 Å². The summed E-state index contributed by atoms with van der Waals surface area (Å²) in [5, 5.41) is 13.7. The topological polar surface area (TPSA) is 106 Å². The number of nitrogens with one attached hydrogen (secondary N) is 2. The molecule has 1 atom stereocenters. The molecule has 4 rings (SSSR count). The Balaban J connectivity index is 1.62. The Morgan fingerprint density at radius 2 is 2.03 bits per heavy atom.